The van der Waals surface area contributed by atoms with Gasteiger partial charge in [0.2, 0.25) is 10.0 Å². The number of fused-ring (bicyclic) bond motifs is 2. The number of anilines is 1. The van der Waals surface area contributed by atoms with E-state index in [-0.39, 0.29) is 17.8 Å². The van der Waals surface area contributed by atoms with Crippen LogP contribution in [0.3, 0.4) is 0 Å². The van der Waals surface area contributed by atoms with Crippen LogP contribution in [0.1, 0.15) is 25.7 Å². The molecule has 0 spiro atoms. The molecule has 21 heavy (non-hydrogen) atoms. The zero-order chi connectivity index (χ0) is 15.4. The van der Waals surface area contributed by atoms with Gasteiger partial charge in [-0.1, -0.05) is 0 Å². The van der Waals surface area contributed by atoms with E-state index < -0.39 is 26.8 Å². The van der Waals surface area contributed by atoms with Crippen LogP contribution in [-0.4, -0.2) is 36.0 Å². The van der Waals surface area contributed by atoms with Gasteiger partial charge in [0.05, 0.1) is 6.10 Å². The summed E-state index contributed by atoms with van der Waals surface area (Å²) in [5, 5.41) is 9.76. The highest BCUT2D eigenvalue weighted by Gasteiger charge is 2.47. The molecule has 0 aromatic heterocycles. The minimum Gasteiger partial charge on any atom is -0.398 e. The third-order valence-corrected chi connectivity index (χ3v) is 6.95. The van der Waals surface area contributed by atoms with Gasteiger partial charge in [0.15, 0.2) is 0 Å². The molecule has 0 radical (unpaired) electrons. The van der Waals surface area contributed by atoms with Gasteiger partial charge in [0, 0.05) is 22.2 Å². The van der Waals surface area contributed by atoms with E-state index in [9.17, 15) is 17.9 Å². The monoisotopic (exact) mass is 378 g/mol. The molecule has 0 amide bonds. The number of hydrogen-bond donors (Lipinski definition) is 2. The van der Waals surface area contributed by atoms with Crippen molar-refractivity contribution >= 4 is 31.6 Å². The summed E-state index contributed by atoms with van der Waals surface area (Å²) in [6.45, 7) is 0. The Morgan fingerprint density at radius 3 is 2.43 bits per heavy atom. The molecule has 2 heterocycles. The van der Waals surface area contributed by atoms with Crippen molar-refractivity contribution in [1.82, 2.24) is 4.31 Å². The topological polar surface area (TPSA) is 83.6 Å². The smallest absolute Gasteiger partial charge is 0.246 e. The van der Waals surface area contributed by atoms with Gasteiger partial charge in [0.1, 0.15) is 10.7 Å². The van der Waals surface area contributed by atoms with Gasteiger partial charge in [0.25, 0.3) is 0 Å². The number of nitrogens with zero attached hydrogens (tertiary/aromatic N) is 1. The molecule has 3 N–H and O–H groups in total. The first-order valence-corrected chi connectivity index (χ1v) is 9.00. The molecule has 2 aliphatic rings. The molecule has 3 rings (SSSR count). The van der Waals surface area contributed by atoms with Crippen LogP contribution in [0, 0.1) is 5.82 Å². The van der Waals surface area contributed by atoms with Crippen molar-refractivity contribution in [2.75, 3.05) is 5.73 Å². The Morgan fingerprint density at radius 2 is 1.86 bits per heavy atom. The molecule has 8 heteroatoms. The lowest BCUT2D eigenvalue weighted by Crippen LogP contribution is -2.48. The van der Waals surface area contributed by atoms with E-state index in [1.165, 1.54) is 4.31 Å². The average Bonchev–Trinajstić information content (AvgIpc) is 2.67. The second-order valence-corrected chi connectivity index (χ2v) is 8.32. The average molecular weight is 379 g/mol. The summed E-state index contributed by atoms with van der Waals surface area (Å²) in [5.41, 5.74) is 5.87. The third kappa shape index (κ3) is 2.48. The zero-order valence-corrected chi connectivity index (χ0v) is 13.6. The molecular weight excluding hydrogens is 363 g/mol. The second kappa shape index (κ2) is 5.19. The first kappa shape index (κ1) is 15.2. The summed E-state index contributed by atoms with van der Waals surface area (Å²) in [6.07, 6.45) is 1.74. The van der Waals surface area contributed by atoms with Crippen molar-refractivity contribution in [2.45, 2.75) is 48.8 Å². The van der Waals surface area contributed by atoms with Crippen LogP contribution in [0.2, 0.25) is 0 Å². The van der Waals surface area contributed by atoms with Crippen molar-refractivity contribution in [3.63, 3.8) is 0 Å². The number of piperidine rings is 1. The molecular formula is C13H16BrFN2O3S. The Morgan fingerprint density at radius 1 is 1.29 bits per heavy atom. The molecule has 5 nitrogen and oxygen atoms in total. The standard InChI is InChI=1S/C13H16BrFN2O3S/c14-10-5-11(15)13(6-12(10)16)21(19,20)17-7-1-2-8(17)4-9(18)3-7/h5-9,18H,1-4,16H2. The van der Waals surface area contributed by atoms with Crippen molar-refractivity contribution in [3.8, 4) is 0 Å². The van der Waals surface area contributed by atoms with Gasteiger partial charge < -0.3 is 10.8 Å². The SMILES string of the molecule is Nc1cc(S(=O)(=O)N2C3CCC2CC(O)C3)c(F)cc1Br. The highest BCUT2D eigenvalue weighted by Crippen LogP contribution is 2.40. The van der Waals surface area contributed by atoms with Crippen LogP contribution in [0.4, 0.5) is 10.1 Å². The molecule has 2 atom stereocenters. The van der Waals surface area contributed by atoms with Gasteiger partial charge in [-0.05, 0) is 53.7 Å². The van der Waals surface area contributed by atoms with Crippen LogP contribution in [0.15, 0.2) is 21.5 Å². The number of nitrogen functional groups attached to an aromatic ring is 1. The number of aliphatic hydroxyl groups is 1. The summed E-state index contributed by atoms with van der Waals surface area (Å²) in [5.74, 6) is -0.818. The van der Waals surface area contributed by atoms with E-state index in [4.69, 9.17) is 5.73 Å². The van der Waals surface area contributed by atoms with Gasteiger partial charge in [-0.2, -0.15) is 4.31 Å². The predicted octanol–water partition coefficient (Wildman–Crippen LogP) is 1.85. The highest BCUT2D eigenvalue weighted by atomic mass is 79.9. The normalized spacial score (nSPS) is 29.8. The van der Waals surface area contributed by atoms with E-state index in [1.54, 1.807) is 0 Å². The maximum Gasteiger partial charge on any atom is 0.246 e. The Kier molecular flexibility index (Phi) is 3.76. The van der Waals surface area contributed by atoms with Crippen molar-refractivity contribution in [3.05, 3.63) is 22.4 Å². The molecule has 1 aromatic rings. The summed E-state index contributed by atoms with van der Waals surface area (Å²) in [6, 6.07) is 1.71. The van der Waals surface area contributed by atoms with Crippen molar-refractivity contribution < 1.29 is 17.9 Å². The van der Waals surface area contributed by atoms with E-state index in [2.05, 4.69) is 15.9 Å². The molecule has 0 saturated carbocycles. The lowest BCUT2D eigenvalue weighted by atomic mass is 10.0. The largest absolute Gasteiger partial charge is 0.398 e. The van der Waals surface area contributed by atoms with Gasteiger partial charge in [-0.3, -0.25) is 0 Å². The Hall–Kier alpha value is -0.700. The fraction of sp³-hybridized carbons (Fsp3) is 0.538. The van der Waals surface area contributed by atoms with Gasteiger partial charge in [-0.25, -0.2) is 12.8 Å². The number of aliphatic hydroxyl groups excluding tert-OH is 1. The lowest BCUT2D eigenvalue weighted by Gasteiger charge is -2.36. The first-order chi connectivity index (χ1) is 9.80. The lowest BCUT2D eigenvalue weighted by molar-refractivity contribution is 0.0768. The number of halogens is 2. The Bertz CT molecular complexity index is 668. The molecule has 2 bridgehead atoms. The maximum atomic E-state index is 14.1. The summed E-state index contributed by atoms with van der Waals surface area (Å²) < 4.78 is 41.3. The highest BCUT2D eigenvalue weighted by molar-refractivity contribution is 9.10. The van der Waals surface area contributed by atoms with Crippen LogP contribution in [0.25, 0.3) is 0 Å². The summed E-state index contributed by atoms with van der Waals surface area (Å²) in [7, 11) is -3.94. The molecule has 116 valence electrons. The van der Waals surface area contributed by atoms with Crippen LogP contribution in [-0.2, 0) is 10.0 Å². The molecule has 2 unspecified atom stereocenters. The van der Waals surface area contributed by atoms with Crippen molar-refractivity contribution in [1.29, 1.82) is 0 Å². The number of benzene rings is 1. The van der Waals surface area contributed by atoms with Gasteiger partial charge >= 0.3 is 0 Å². The first-order valence-electron chi connectivity index (χ1n) is 6.77. The fourth-order valence-electron chi connectivity index (χ4n) is 3.35. The number of nitrogens with two attached hydrogens (primary N) is 1. The van der Waals surface area contributed by atoms with Gasteiger partial charge in [-0.15, -0.1) is 0 Å². The van der Waals surface area contributed by atoms with Crippen LogP contribution in [0.5, 0.6) is 0 Å². The van der Waals surface area contributed by atoms with Crippen molar-refractivity contribution in [2.24, 2.45) is 0 Å². The van der Waals surface area contributed by atoms with Crippen LogP contribution < -0.4 is 5.73 Å². The zero-order valence-electron chi connectivity index (χ0n) is 11.2. The minimum absolute atomic E-state index is 0.180. The van der Waals surface area contributed by atoms with E-state index in [1.807, 2.05) is 0 Å². The maximum absolute atomic E-state index is 14.1. The van der Waals surface area contributed by atoms with E-state index in [0.29, 0.717) is 30.2 Å². The fourth-order valence-corrected chi connectivity index (χ4v) is 5.65. The predicted molar refractivity (Wildman–Crippen MR) is 79.6 cm³/mol. The van der Waals surface area contributed by atoms with Crippen LogP contribution >= 0.6 is 15.9 Å². The Balaban J connectivity index is 2.04. The summed E-state index contributed by atoms with van der Waals surface area (Å²) >= 11 is 3.08. The molecule has 1 aromatic carbocycles. The van der Waals surface area contributed by atoms with E-state index >= 15 is 0 Å². The molecule has 2 fully saturated rings. The summed E-state index contributed by atoms with van der Waals surface area (Å²) in [4.78, 5) is -0.392. The molecule has 0 aliphatic carbocycles. The molecule has 2 aliphatic heterocycles. The quantitative estimate of drug-likeness (QED) is 0.769. The van der Waals surface area contributed by atoms with E-state index in [0.717, 1.165) is 12.1 Å². The Labute approximate surface area is 131 Å². The number of sulfonamides is 1. The third-order valence-electron chi connectivity index (χ3n) is 4.25. The molecule has 2 saturated heterocycles. The number of rotatable bonds is 2. The number of hydrogen-bond acceptors (Lipinski definition) is 4. The second-order valence-electron chi connectivity index (χ2n) is 5.65. The minimum atomic E-state index is -3.94.